The zero-order valence-electron chi connectivity index (χ0n) is 33.5. The van der Waals surface area contributed by atoms with Crippen LogP contribution < -0.4 is 5.73 Å². The summed E-state index contributed by atoms with van der Waals surface area (Å²) in [6.07, 6.45) is 45.3. The number of ether oxygens (including phenoxy) is 2. The van der Waals surface area contributed by atoms with Crippen molar-refractivity contribution < 1.29 is 37.6 Å². The van der Waals surface area contributed by atoms with E-state index in [9.17, 15) is 19.0 Å². The van der Waals surface area contributed by atoms with Gasteiger partial charge in [0.2, 0.25) is 0 Å². The van der Waals surface area contributed by atoms with Crippen LogP contribution in [0, 0.1) is 0 Å². The molecule has 9 nitrogen and oxygen atoms in total. The van der Waals surface area contributed by atoms with Gasteiger partial charge in [0.1, 0.15) is 6.61 Å². The van der Waals surface area contributed by atoms with Gasteiger partial charge >= 0.3 is 19.8 Å². The summed E-state index contributed by atoms with van der Waals surface area (Å²) in [6, 6.07) is 0. The van der Waals surface area contributed by atoms with Crippen LogP contribution in [-0.4, -0.2) is 49.3 Å². The monoisotopic (exact) mass is 766 g/mol. The molecule has 0 aliphatic carbocycles. The summed E-state index contributed by atoms with van der Waals surface area (Å²) in [4.78, 5) is 34.8. The van der Waals surface area contributed by atoms with Crippen molar-refractivity contribution in [3.05, 3.63) is 60.8 Å². The molecule has 0 aliphatic heterocycles. The van der Waals surface area contributed by atoms with Gasteiger partial charge in [-0.25, -0.2) is 4.57 Å². The Kier molecular flexibility index (Phi) is 37.7. The Morgan fingerprint density at radius 3 is 1.57 bits per heavy atom. The zero-order valence-corrected chi connectivity index (χ0v) is 34.4. The molecule has 0 aromatic heterocycles. The Hall–Kier alpha value is -2.29. The maximum Gasteiger partial charge on any atom is 0.472 e. The van der Waals surface area contributed by atoms with E-state index in [0.29, 0.717) is 12.8 Å². The molecule has 0 spiro atoms. The lowest BCUT2D eigenvalue weighted by Gasteiger charge is -2.19. The van der Waals surface area contributed by atoms with E-state index in [4.69, 9.17) is 24.3 Å². The lowest BCUT2D eigenvalue weighted by molar-refractivity contribution is -0.161. The first kappa shape index (κ1) is 50.7. The fourth-order valence-electron chi connectivity index (χ4n) is 5.32. The van der Waals surface area contributed by atoms with Crippen molar-refractivity contribution in [1.82, 2.24) is 0 Å². The molecule has 0 fully saturated rings. The normalized spacial score (nSPS) is 14.0. The third kappa shape index (κ3) is 39.2. The molecular weight excluding hydrogens is 689 g/mol. The standard InChI is InChI=1S/C43H76NO8P/c1-3-5-7-9-11-13-15-17-19-20-22-24-26-28-30-32-34-36-43(46)52-41(40-51-53(47,48)50-38-37-44)39-49-42(45)35-33-31-29-27-25-23-21-18-16-14-12-10-8-6-4-2/h5,7,11,13,17-19,21-22,24,41H,3-4,6,8-10,12,14-16,20,23,25-40,44H2,1-2H3,(H,47,48)/t41-/m1/s1. The van der Waals surface area contributed by atoms with E-state index >= 15 is 0 Å². The summed E-state index contributed by atoms with van der Waals surface area (Å²) >= 11 is 0. The van der Waals surface area contributed by atoms with E-state index in [0.717, 1.165) is 83.5 Å². The lowest BCUT2D eigenvalue weighted by atomic mass is 10.1. The van der Waals surface area contributed by atoms with Gasteiger partial charge in [-0.3, -0.25) is 18.6 Å². The number of carbonyl (C=O) groups is 2. The molecule has 0 aromatic carbocycles. The highest BCUT2D eigenvalue weighted by atomic mass is 31.2. The molecular formula is C43H76NO8P. The minimum absolute atomic E-state index is 0.0454. The van der Waals surface area contributed by atoms with Gasteiger partial charge in [0.05, 0.1) is 13.2 Å². The zero-order chi connectivity index (χ0) is 38.9. The van der Waals surface area contributed by atoms with E-state index in [1.807, 2.05) is 0 Å². The number of carbonyl (C=O) groups excluding carboxylic acids is 2. The molecule has 0 saturated heterocycles. The maximum atomic E-state index is 12.6. The smallest absolute Gasteiger partial charge is 0.462 e. The predicted octanol–water partition coefficient (Wildman–Crippen LogP) is 11.7. The number of unbranched alkanes of at least 4 members (excludes halogenated alkanes) is 15. The molecule has 0 rings (SSSR count). The van der Waals surface area contributed by atoms with Gasteiger partial charge < -0.3 is 20.1 Å². The molecule has 10 heteroatoms. The molecule has 0 amide bonds. The number of nitrogens with two attached hydrogens (primary N) is 1. The van der Waals surface area contributed by atoms with Crippen LogP contribution in [0.15, 0.2) is 60.8 Å². The van der Waals surface area contributed by atoms with E-state index in [-0.39, 0.29) is 32.6 Å². The van der Waals surface area contributed by atoms with Crippen LogP contribution in [0.2, 0.25) is 0 Å². The van der Waals surface area contributed by atoms with Crippen LogP contribution in [-0.2, 0) is 32.7 Å². The van der Waals surface area contributed by atoms with Crippen LogP contribution >= 0.6 is 7.82 Å². The SMILES string of the molecule is CCC=CCC=CCC=CCC=CCCCCCCC(=O)O[C@H](COC(=O)CCCCCCCC=CCCCCCCCC)COP(=O)(O)OCCN. The van der Waals surface area contributed by atoms with E-state index < -0.39 is 32.5 Å². The number of hydrogen-bond acceptors (Lipinski definition) is 8. The van der Waals surface area contributed by atoms with Gasteiger partial charge in [0.25, 0.3) is 0 Å². The number of phosphoric acid groups is 1. The van der Waals surface area contributed by atoms with Crippen LogP contribution in [0.5, 0.6) is 0 Å². The first-order valence-corrected chi connectivity index (χ1v) is 22.3. The van der Waals surface area contributed by atoms with E-state index in [2.05, 4.69) is 74.6 Å². The van der Waals surface area contributed by atoms with Crippen LogP contribution in [0.4, 0.5) is 0 Å². The van der Waals surface area contributed by atoms with Gasteiger partial charge in [-0.2, -0.15) is 0 Å². The molecule has 0 heterocycles. The molecule has 0 saturated carbocycles. The third-order valence-electron chi connectivity index (χ3n) is 8.39. The number of phosphoric ester groups is 1. The van der Waals surface area contributed by atoms with Gasteiger partial charge in [-0.15, -0.1) is 0 Å². The topological polar surface area (TPSA) is 134 Å². The van der Waals surface area contributed by atoms with Gasteiger partial charge in [-0.05, 0) is 77.0 Å². The Morgan fingerprint density at radius 1 is 0.585 bits per heavy atom. The second-order valence-electron chi connectivity index (χ2n) is 13.5. The maximum absolute atomic E-state index is 12.6. The van der Waals surface area contributed by atoms with Crippen molar-refractivity contribution in [2.75, 3.05) is 26.4 Å². The van der Waals surface area contributed by atoms with Gasteiger partial charge in [0.15, 0.2) is 6.10 Å². The highest BCUT2D eigenvalue weighted by Crippen LogP contribution is 2.43. The molecule has 53 heavy (non-hydrogen) atoms. The predicted molar refractivity (Wildman–Crippen MR) is 219 cm³/mol. The Balaban J connectivity index is 4.25. The molecule has 0 bridgehead atoms. The molecule has 1 unspecified atom stereocenters. The number of hydrogen-bond donors (Lipinski definition) is 2. The number of rotatable bonds is 38. The van der Waals surface area contributed by atoms with Gasteiger partial charge in [0, 0.05) is 19.4 Å². The first-order valence-electron chi connectivity index (χ1n) is 20.8. The highest BCUT2D eigenvalue weighted by Gasteiger charge is 2.25. The minimum atomic E-state index is -4.39. The van der Waals surface area contributed by atoms with Crippen molar-refractivity contribution >= 4 is 19.8 Å². The average Bonchev–Trinajstić information content (AvgIpc) is 3.14. The Morgan fingerprint density at radius 2 is 1.04 bits per heavy atom. The summed E-state index contributed by atoms with van der Waals surface area (Å²) < 4.78 is 32.7. The quantitative estimate of drug-likeness (QED) is 0.0272. The fourth-order valence-corrected chi connectivity index (χ4v) is 6.09. The Labute approximate surface area is 323 Å². The van der Waals surface area contributed by atoms with E-state index in [1.165, 1.54) is 44.9 Å². The number of allylic oxidation sites excluding steroid dienone is 10. The molecule has 2 atom stereocenters. The van der Waals surface area contributed by atoms with Crippen LogP contribution in [0.1, 0.15) is 168 Å². The minimum Gasteiger partial charge on any atom is -0.462 e. The molecule has 306 valence electrons. The second kappa shape index (κ2) is 39.4. The molecule has 0 aliphatic rings. The summed E-state index contributed by atoms with van der Waals surface area (Å²) in [6.45, 7) is 3.56. The van der Waals surface area contributed by atoms with Crippen molar-refractivity contribution in [3.63, 3.8) is 0 Å². The average molecular weight is 766 g/mol. The Bertz CT molecular complexity index is 1050. The van der Waals surface area contributed by atoms with Gasteiger partial charge in [-0.1, -0.05) is 139 Å². The number of esters is 2. The first-order chi connectivity index (χ1) is 25.8. The fraction of sp³-hybridized carbons (Fsp3) is 0.721. The van der Waals surface area contributed by atoms with Crippen molar-refractivity contribution in [2.45, 2.75) is 174 Å². The highest BCUT2D eigenvalue weighted by molar-refractivity contribution is 7.47. The van der Waals surface area contributed by atoms with Crippen molar-refractivity contribution in [1.29, 1.82) is 0 Å². The van der Waals surface area contributed by atoms with Crippen LogP contribution in [0.25, 0.3) is 0 Å². The third-order valence-corrected chi connectivity index (χ3v) is 9.37. The largest absolute Gasteiger partial charge is 0.472 e. The second-order valence-corrected chi connectivity index (χ2v) is 14.9. The lowest BCUT2D eigenvalue weighted by Crippen LogP contribution is -2.29. The molecule has 0 aromatic rings. The molecule has 3 N–H and O–H groups in total. The summed E-state index contributed by atoms with van der Waals surface area (Å²) in [5, 5.41) is 0. The van der Waals surface area contributed by atoms with E-state index in [1.54, 1.807) is 0 Å². The summed E-state index contributed by atoms with van der Waals surface area (Å²) in [7, 11) is -4.39. The molecule has 0 radical (unpaired) electrons. The van der Waals surface area contributed by atoms with Crippen molar-refractivity contribution in [3.8, 4) is 0 Å². The summed E-state index contributed by atoms with van der Waals surface area (Å²) in [5.41, 5.74) is 5.34. The van der Waals surface area contributed by atoms with Crippen molar-refractivity contribution in [2.24, 2.45) is 5.73 Å². The summed E-state index contributed by atoms with van der Waals surface area (Å²) in [5.74, 6) is -0.870. The van der Waals surface area contributed by atoms with Crippen LogP contribution in [0.3, 0.4) is 0 Å².